The van der Waals surface area contributed by atoms with Crippen molar-refractivity contribution in [2.75, 3.05) is 7.11 Å². The first-order valence-corrected chi connectivity index (χ1v) is 7.51. The van der Waals surface area contributed by atoms with Gasteiger partial charge in [-0.3, -0.25) is 0 Å². The molecule has 1 heterocycles. The molecule has 0 spiro atoms. The summed E-state index contributed by atoms with van der Waals surface area (Å²) in [5.74, 6) is 0.932. The highest BCUT2D eigenvalue weighted by molar-refractivity contribution is 14.1. The molecule has 0 unspecified atom stereocenters. The number of benzene rings is 2. The van der Waals surface area contributed by atoms with Crippen LogP contribution in [0.5, 0.6) is 5.75 Å². The smallest absolute Gasteiger partial charge is 0.127 e. The van der Waals surface area contributed by atoms with Crippen molar-refractivity contribution < 1.29 is 4.74 Å². The summed E-state index contributed by atoms with van der Waals surface area (Å²) in [7, 11) is 1.72. The Kier molecular flexibility index (Phi) is 3.26. The molecule has 90 valence electrons. The topological polar surface area (TPSA) is 9.23 Å². The van der Waals surface area contributed by atoms with Crippen LogP contribution in [0, 0.1) is 3.57 Å². The van der Waals surface area contributed by atoms with Crippen LogP contribution in [0.15, 0.2) is 48.5 Å². The first-order valence-electron chi connectivity index (χ1n) is 5.61. The van der Waals surface area contributed by atoms with Gasteiger partial charge in [0.25, 0.3) is 0 Å². The van der Waals surface area contributed by atoms with Crippen molar-refractivity contribution >= 4 is 44.0 Å². The van der Waals surface area contributed by atoms with Crippen molar-refractivity contribution in [2.45, 2.75) is 0 Å². The van der Waals surface area contributed by atoms with Crippen LogP contribution < -0.4 is 4.74 Å². The molecule has 1 nitrogen and oxygen atoms in total. The lowest BCUT2D eigenvalue weighted by molar-refractivity contribution is 0.416. The Hall–Kier alpha value is -1.07. The molecule has 1 aromatic heterocycles. The van der Waals surface area contributed by atoms with Gasteiger partial charge in [0.2, 0.25) is 0 Å². The molecule has 0 N–H and O–H groups in total. The monoisotopic (exact) mass is 366 g/mol. The maximum Gasteiger partial charge on any atom is 0.127 e. The fourth-order valence-electron chi connectivity index (χ4n) is 2.02. The molecular weight excluding hydrogens is 355 g/mol. The van der Waals surface area contributed by atoms with Crippen LogP contribution in [-0.4, -0.2) is 7.11 Å². The van der Waals surface area contributed by atoms with Crippen LogP contribution in [0.2, 0.25) is 0 Å². The SMILES string of the molecule is COc1ccccc1-c1sc2ccccc2c1I. The number of rotatable bonds is 2. The molecule has 0 fully saturated rings. The fraction of sp³-hybridized carbons (Fsp3) is 0.0667. The third kappa shape index (κ3) is 1.91. The average Bonchev–Trinajstić information content (AvgIpc) is 2.76. The third-order valence-corrected chi connectivity index (χ3v) is 5.58. The van der Waals surface area contributed by atoms with Gasteiger partial charge in [-0.1, -0.05) is 30.3 Å². The molecule has 0 amide bonds. The lowest BCUT2D eigenvalue weighted by atomic mass is 10.1. The van der Waals surface area contributed by atoms with Gasteiger partial charge in [0, 0.05) is 19.2 Å². The molecule has 0 saturated carbocycles. The number of hydrogen-bond acceptors (Lipinski definition) is 2. The van der Waals surface area contributed by atoms with Crippen LogP contribution in [0.1, 0.15) is 0 Å². The van der Waals surface area contributed by atoms with Crippen molar-refractivity contribution in [3.05, 3.63) is 52.1 Å². The molecule has 0 atom stereocenters. The van der Waals surface area contributed by atoms with Gasteiger partial charge in [-0.2, -0.15) is 0 Å². The molecule has 3 rings (SSSR count). The lowest BCUT2D eigenvalue weighted by Crippen LogP contribution is -1.86. The van der Waals surface area contributed by atoms with E-state index < -0.39 is 0 Å². The van der Waals surface area contributed by atoms with E-state index >= 15 is 0 Å². The number of methoxy groups -OCH3 is 1. The fourth-order valence-corrected chi connectivity index (χ4v) is 4.42. The zero-order valence-electron chi connectivity index (χ0n) is 9.81. The van der Waals surface area contributed by atoms with E-state index in [9.17, 15) is 0 Å². The Morgan fingerprint density at radius 2 is 1.72 bits per heavy atom. The van der Waals surface area contributed by atoms with E-state index in [1.807, 2.05) is 23.5 Å². The van der Waals surface area contributed by atoms with Gasteiger partial charge < -0.3 is 4.74 Å². The lowest BCUT2D eigenvalue weighted by Gasteiger charge is -2.06. The summed E-state index contributed by atoms with van der Waals surface area (Å²) in [5.41, 5.74) is 1.17. The van der Waals surface area contributed by atoms with E-state index in [0.717, 1.165) is 5.75 Å². The summed E-state index contributed by atoms with van der Waals surface area (Å²) in [5, 5.41) is 1.32. The minimum Gasteiger partial charge on any atom is -0.496 e. The van der Waals surface area contributed by atoms with Crippen LogP contribution in [0.25, 0.3) is 20.5 Å². The van der Waals surface area contributed by atoms with Gasteiger partial charge in [0.15, 0.2) is 0 Å². The summed E-state index contributed by atoms with van der Waals surface area (Å²) >= 11 is 4.24. The number of ether oxygens (including phenoxy) is 1. The quantitative estimate of drug-likeness (QED) is 0.568. The molecule has 0 saturated heterocycles. The zero-order valence-corrected chi connectivity index (χ0v) is 12.8. The zero-order chi connectivity index (χ0) is 12.5. The van der Waals surface area contributed by atoms with Gasteiger partial charge in [-0.05, 0) is 40.8 Å². The highest BCUT2D eigenvalue weighted by Crippen LogP contribution is 2.42. The Balaban J connectivity index is 2.28. The predicted octanol–water partition coefficient (Wildman–Crippen LogP) is 5.18. The van der Waals surface area contributed by atoms with E-state index in [-0.39, 0.29) is 0 Å². The maximum absolute atomic E-state index is 5.45. The average molecular weight is 366 g/mol. The first-order chi connectivity index (χ1) is 8.81. The Bertz CT molecular complexity index is 703. The number of hydrogen-bond donors (Lipinski definition) is 0. The van der Waals surface area contributed by atoms with E-state index in [0.29, 0.717) is 0 Å². The molecule has 2 aromatic carbocycles. The highest BCUT2D eigenvalue weighted by Gasteiger charge is 2.14. The minimum atomic E-state index is 0.932. The third-order valence-electron chi connectivity index (χ3n) is 2.89. The van der Waals surface area contributed by atoms with Crippen LogP contribution in [-0.2, 0) is 0 Å². The summed E-state index contributed by atoms with van der Waals surface area (Å²) in [4.78, 5) is 1.29. The summed E-state index contributed by atoms with van der Waals surface area (Å²) in [6.45, 7) is 0. The minimum absolute atomic E-state index is 0.932. The van der Waals surface area contributed by atoms with E-state index in [4.69, 9.17) is 4.74 Å². The van der Waals surface area contributed by atoms with Gasteiger partial charge in [-0.15, -0.1) is 11.3 Å². The molecule has 0 radical (unpaired) electrons. The molecular formula is C15H11IOS. The largest absolute Gasteiger partial charge is 0.496 e. The van der Waals surface area contributed by atoms with Crippen LogP contribution >= 0.6 is 33.9 Å². The molecule has 0 aliphatic rings. The molecule has 18 heavy (non-hydrogen) atoms. The Labute approximate surface area is 124 Å². The molecule has 3 aromatic rings. The second-order valence-corrected chi connectivity index (χ2v) is 6.07. The van der Waals surface area contributed by atoms with Gasteiger partial charge >= 0.3 is 0 Å². The van der Waals surface area contributed by atoms with Crippen LogP contribution in [0.4, 0.5) is 0 Å². The summed E-state index contributed by atoms with van der Waals surface area (Å²) in [6, 6.07) is 16.7. The summed E-state index contributed by atoms with van der Waals surface area (Å²) < 4.78 is 8.08. The highest BCUT2D eigenvalue weighted by atomic mass is 127. The normalized spacial score (nSPS) is 10.8. The van der Waals surface area contributed by atoms with Crippen molar-refractivity contribution in [2.24, 2.45) is 0 Å². The molecule has 0 aliphatic heterocycles. The van der Waals surface area contributed by atoms with Gasteiger partial charge in [0.1, 0.15) is 5.75 Å². The second kappa shape index (κ2) is 4.90. The van der Waals surface area contributed by atoms with Crippen molar-refractivity contribution in [1.82, 2.24) is 0 Å². The molecule has 0 aliphatic carbocycles. The Morgan fingerprint density at radius 1 is 1.00 bits per heavy atom. The van der Waals surface area contributed by atoms with Gasteiger partial charge in [-0.25, -0.2) is 0 Å². The number of halogens is 1. The van der Waals surface area contributed by atoms with Crippen molar-refractivity contribution in [3.63, 3.8) is 0 Å². The first kappa shape index (κ1) is 12.0. The Morgan fingerprint density at radius 3 is 2.50 bits per heavy atom. The van der Waals surface area contributed by atoms with Crippen molar-refractivity contribution in [3.8, 4) is 16.2 Å². The molecule has 3 heteroatoms. The maximum atomic E-state index is 5.45. The van der Waals surface area contributed by atoms with Crippen LogP contribution in [0.3, 0.4) is 0 Å². The molecule has 0 bridgehead atoms. The summed E-state index contributed by atoms with van der Waals surface area (Å²) in [6.07, 6.45) is 0. The predicted molar refractivity (Wildman–Crippen MR) is 86.5 cm³/mol. The van der Waals surface area contributed by atoms with E-state index in [1.165, 1.54) is 24.1 Å². The number of thiophene rings is 1. The number of para-hydroxylation sites is 1. The van der Waals surface area contributed by atoms with Crippen molar-refractivity contribution in [1.29, 1.82) is 0 Å². The standard InChI is InChI=1S/C15H11IOS/c1-17-12-8-4-2-6-10(12)15-14(16)11-7-3-5-9-13(11)18-15/h2-9H,1H3. The second-order valence-electron chi connectivity index (χ2n) is 3.94. The van der Waals surface area contributed by atoms with E-state index in [2.05, 4.69) is 59.0 Å². The number of fused-ring (bicyclic) bond motifs is 1. The van der Waals surface area contributed by atoms with Gasteiger partial charge in [0.05, 0.1) is 12.0 Å². The van der Waals surface area contributed by atoms with E-state index in [1.54, 1.807) is 7.11 Å².